The average molecular weight is 535 g/mol. The van der Waals surface area contributed by atoms with Crippen molar-refractivity contribution in [2.75, 3.05) is 26.7 Å². The molecule has 0 unspecified atom stereocenters. The summed E-state index contributed by atoms with van der Waals surface area (Å²) in [6.07, 6.45) is 1.17. The molecule has 38 heavy (non-hydrogen) atoms. The van der Waals surface area contributed by atoms with Gasteiger partial charge < -0.3 is 19.8 Å². The third-order valence-electron chi connectivity index (χ3n) is 7.57. The summed E-state index contributed by atoms with van der Waals surface area (Å²) in [5, 5.41) is 21.4. The third kappa shape index (κ3) is 5.91. The number of carboxylic acid groups (broad SMARTS) is 1. The van der Waals surface area contributed by atoms with Gasteiger partial charge in [0.2, 0.25) is 0 Å². The smallest absolute Gasteiger partial charge is 0.309 e. The van der Waals surface area contributed by atoms with Crippen LogP contribution in [0.3, 0.4) is 0 Å². The quantitative estimate of drug-likeness (QED) is 0.339. The van der Waals surface area contributed by atoms with E-state index in [2.05, 4.69) is 4.98 Å². The fraction of sp³-hybridized carbons (Fsp3) is 0.429. The second-order valence-corrected chi connectivity index (χ2v) is 9.84. The van der Waals surface area contributed by atoms with Gasteiger partial charge >= 0.3 is 5.97 Å². The zero-order valence-corrected chi connectivity index (χ0v) is 21.0. The van der Waals surface area contributed by atoms with Gasteiger partial charge in [0.15, 0.2) is 0 Å². The van der Waals surface area contributed by atoms with E-state index in [1.807, 2.05) is 4.90 Å². The topological polar surface area (TPSA) is 82.9 Å². The van der Waals surface area contributed by atoms with E-state index in [0.717, 1.165) is 6.20 Å². The summed E-state index contributed by atoms with van der Waals surface area (Å²) in [5.74, 6) is -3.96. The number of halogens is 4. The second kappa shape index (κ2) is 11.7. The number of aliphatic hydroxyl groups is 1. The highest BCUT2D eigenvalue weighted by Gasteiger charge is 2.41. The van der Waals surface area contributed by atoms with Crippen LogP contribution in [0.5, 0.6) is 5.75 Å². The minimum atomic E-state index is -1.23. The molecule has 3 aromatic rings. The van der Waals surface area contributed by atoms with Gasteiger partial charge in [0.05, 0.1) is 30.3 Å². The van der Waals surface area contributed by atoms with Crippen LogP contribution in [-0.2, 0) is 11.2 Å². The van der Waals surface area contributed by atoms with Crippen molar-refractivity contribution in [3.05, 3.63) is 70.9 Å². The Labute approximate surface area is 217 Å². The van der Waals surface area contributed by atoms with E-state index < -0.39 is 40.8 Å². The van der Waals surface area contributed by atoms with Crippen LogP contribution in [0.25, 0.3) is 10.9 Å². The Morgan fingerprint density at radius 2 is 1.79 bits per heavy atom. The summed E-state index contributed by atoms with van der Waals surface area (Å²) in [6.45, 7) is 1.42. The Morgan fingerprint density at radius 1 is 1.11 bits per heavy atom. The Balaban J connectivity index is 1.37. The van der Waals surface area contributed by atoms with Gasteiger partial charge in [-0.15, -0.1) is 0 Å². The maximum absolute atomic E-state index is 14.7. The highest BCUT2D eigenvalue weighted by atomic mass is 19.1. The molecule has 0 amide bonds. The van der Waals surface area contributed by atoms with Crippen molar-refractivity contribution in [1.29, 1.82) is 0 Å². The lowest BCUT2D eigenvalue weighted by atomic mass is 9.74. The molecule has 2 aromatic carbocycles. The number of piperidine rings is 1. The highest BCUT2D eigenvalue weighted by Crippen LogP contribution is 2.40. The van der Waals surface area contributed by atoms with Crippen LogP contribution < -0.4 is 4.74 Å². The van der Waals surface area contributed by atoms with Crippen LogP contribution in [0.15, 0.2) is 36.5 Å². The number of nitrogens with zero attached hydrogens (tertiary/aromatic N) is 2. The first-order valence-corrected chi connectivity index (χ1v) is 12.5. The first-order valence-electron chi connectivity index (χ1n) is 12.5. The summed E-state index contributed by atoms with van der Waals surface area (Å²) in [4.78, 5) is 18.4. The predicted molar refractivity (Wildman–Crippen MR) is 133 cm³/mol. The molecule has 6 nitrogen and oxygen atoms in total. The molecule has 0 bridgehead atoms. The van der Waals surface area contributed by atoms with E-state index in [4.69, 9.17) is 4.74 Å². The zero-order valence-electron chi connectivity index (χ0n) is 21.0. The minimum absolute atomic E-state index is 0.0443. The summed E-state index contributed by atoms with van der Waals surface area (Å²) in [6, 6.07) is 6.26. The molecule has 0 spiro atoms. The third-order valence-corrected chi connectivity index (χ3v) is 7.57. The van der Waals surface area contributed by atoms with Crippen molar-refractivity contribution in [2.24, 2.45) is 5.41 Å². The van der Waals surface area contributed by atoms with Gasteiger partial charge in [0.25, 0.3) is 0 Å². The number of pyridine rings is 1. The van der Waals surface area contributed by atoms with E-state index in [-0.39, 0.29) is 30.4 Å². The number of aliphatic carboxylic acids is 1. The number of hydrogen-bond acceptors (Lipinski definition) is 5. The molecule has 1 fully saturated rings. The van der Waals surface area contributed by atoms with Crippen LogP contribution in [0.1, 0.15) is 49.3 Å². The first kappa shape index (κ1) is 27.8. The van der Waals surface area contributed by atoms with Crippen molar-refractivity contribution in [2.45, 2.75) is 44.6 Å². The zero-order chi connectivity index (χ0) is 27.4. The number of aromatic nitrogens is 1. The number of benzene rings is 2. The van der Waals surface area contributed by atoms with E-state index in [1.165, 1.54) is 7.11 Å². The molecule has 10 heteroatoms. The summed E-state index contributed by atoms with van der Waals surface area (Å²) in [5.41, 5.74) is -0.690. The van der Waals surface area contributed by atoms with Crippen molar-refractivity contribution in [3.63, 3.8) is 0 Å². The Kier molecular flexibility index (Phi) is 8.52. The average Bonchev–Trinajstić information content (AvgIpc) is 2.89. The van der Waals surface area contributed by atoms with Crippen LogP contribution in [0.4, 0.5) is 17.6 Å². The second-order valence-electron chi connectivity index (χ2n) is 9.84. The molecular formula is C28H30F4N2O4. The van der Waals surface area contributed by atoms with E-state index >= 15 is 0 Å². The van der Waals surface area contributed by atoms with Crippen molar-refractivity contribution in [3.8, 4) is 5.75 Å². The molecule has 0 aliphatic carbocycles. The fourth-order valence-electron chi connectivity index (χ4n) is 5.26. The maximum atomic E-state index is 14.7. The van der Waals surface area contributed by atoms with Gasteiger partial charge in [-0.05, 0) is 76.4 Å². The number of carbonyl (C=O) groups is 1. The van der Waals surface area contributed by atoms with Gasteiger partial charge in [-0.25, -0.2) is 17.6 Å². The molecule has 1 aliphatic heterocycles. The van der Waals surface area contributed by atoms with Crippen LogP contribution >= 0.6 is 0 Å². The molecule has 1 aromatic heterocycles. The predicted octanol–water partition coefficient (Wildman–Crippen LogP) is 5.41. The van der Waals surface area contributed by atoms with Crippen molar-refractivity contribution < 1.29 is 37.3 Å². The number of methoxy groups -OCH3 is 1. The van der Waals surface area contributed by atoms with E-state index in [1.54, 1.807) is 18.2 Å². The van der Waals surface area contributed by atoms with Gasteiger partial charge in [0, 0.05) is 28.6 Å². The lowest BCUT2D eigenvalue weighted by Crippen LogP contribution is -2.44. The fourth-order valence-corrected chi connectivity index (χ4v) is 5.26. The lowest BCUT2D eigenvalue weighted by molar-refractivity contribution is -0.153. The maximum Gasteiger partial charge on any atom is 0.309 e. The number of likely N-dealkylation sites (tertiary alicyclic amines) is 1. The molecule has 0 radical (unpaired) electrons. The van der Waals surface area contributed by atoms with Gasteiger partial charge in [0.1, 0.15) is 29.0 Å². The number of carboxylic acids is 1. The van der Waals surface area contributed by atoms with E-state index in [0.29, 0.717) is 67.7 Å². The largest absolute Gasteiger partial charge is 0.497 e. The molecule has 1 atom stereocenters. The number of hydrogen-bond donors (Lipinski definition) is 2. The molecule has 4 rings (SSSR count). The number of fused-ring (bicyclic) bond motifs is 1. The molecular weight excluding hydrogens is 504 g/mol. The molecule has 2 heterocycles. The molecule has 1 aliphatic rings. The van der Waals surface area contributed by atoms with Crippen LogP contribution in [-0.4, -0.2) is 52.8 Å². The van der Waals surface area contributed by atoms with Crippen LogP contribution in [0.2, 0.25) is 0 Å². The molecule has 2 N–H and O–H groups in total. The normalized spacial score (nSPS) is 16.5. The van der Waals surface area contributed by atoms with Gasteiger partial charge in [-0.1, -0.05) is 0 Å². The van der Waals surface area contributed by atoms with Crippen molar-refractivity contribution in [1.82, 2.24) is 9.88 Å². The lowest BCUT2D eigenvalue weighted by Gasteiger charge is -2.39. The monoisotopic (exact) mass is 534 g/mol. The highest BCUT2D eigenvalue weighted by molar-refractivity contribution is 5.84. The summed E-state index contributed by atoms with van der Waals surface area (Å²) in [7, 11) is 1.48. The molecule has 1 saturated heterocycles. The molecule has 0 saturated carbocycles. The summed E-state index contributed by atoms with van der Waals surface area (Å²) < 4.78 is 60.8. The van der Waals surface area contributed by atoms with Gasteiger partial charge in [-0.2, -0.15) is 0 Å². The molecule has 204 valence electrons. The number of rotatable bonds is 10. The van der Waals surface area contributed by atoms with Crippen molar-refractivity contribution >= 4 is 16.9 Å². The van der Waals surface area contributed by atoms with Gasteiger partial charge in [-0.3, -0.25) is 9.78 Å². The number of ether oxygens (including phenoxy) is 1. The summed E-state index contributed by atoms with van der Waals surface area (Å²) >= 11 is 0. The Hall–Kier alpha value is -3.24. The SMILES string of the molecule is COc1ccc2ncc(F)c([C@@H](O)CCC3(C(=O)O)CCN(CCCc4c(F)cc(F)cc4F)CC3)c2c1. The standard InChI is InChI=1S/C28H30F4N2O4/c1-38-18-4-5-24-20(15-18)26(23(32)16-33-24)25(35)6-7-28(27(36)37)8-11-34(12-9-28)10-2-3-19-21(30)13-17(29)14-22(19)31/h4-5,13-16,25,35H,2-3,6-12H2,1H3,(H,36,37)/t25-/m0/s1. The van der Waals surface area contributed by atoms with Crippen LogP contribution in [0, 0.1) is 28.7 Å². The Bertz CT molecular complexity index is 1290. The van der Waals surface area contributed by atoms with E-state index in [9.17, 15) is 32.6 Å². The first-order chi connectivity index (χ1) is 18.1. The minimum Gasteiger partial charge on any atom is -0.497 e. The number of aliphatic hydroxyl groups excluding tert-OH is 1. The Morgan fingerprint density at radius 3 is 2.42 bits per heavy atom.